The van der Waals surface area contributed by atoms with Crippen LogP contribution in [0.1, 0.15) is 54.0 Å². The highest BCUT2D eigenvalue weighted by atomic mass is 79.9. The number of pyridine rings is 5. The Morgan fingerprint density at radius 3 is 1.48 bits per heavy atom. The van der Waals surface area contributed by atoms with Crippen molar-refractivity contribution >= 4 is 55.6 Å². The van der Waals surface area contributed by atoms with E-state index in [1.807, 2.05) is 60.7 Å². The molecule has 5 heterocycles. The Bertz CT molecular complexity index is 2610. The van der Waals surface area contributed by atoms with Gasteiger partial charge in [0.15, 0.2) is 0 Å². The fourth-order valence-electron chi connectivity index (χ4n) is 4.52. The van der Waals surface area contributed by atoms with E-state index in [4.69, 9.17) is 5.11 Å². The van der Waals surface area contributed by atoms with Crippen LogP contribution in [0.3, 0.4) is 0 Å². The number of hydrogen-bond donors (Lipinski definition) is 1. The first-order chi connectivity index (χ1) is 26.2. The Morgan fingerprint density at radius 1 is 0.556 bits per heavy atom. The highest BCUT2D eigenvalue weighted by Gasteiger charge is 2.07. The van der Waals surface area contributed by atoms with Crippen LogP contribution >= 0.6 is 15.9 Å². The molecule has 7 aromatic rings. The van der Waals surface area contributed by atoms with Gasteiger partial charge in [0.2, 0.25) is 0 Å². The molecule has 0 saturated heterocycles. The highest BCUT2D eigenvalue weighted by Crippen LogP contribution is 2.13. The molecule has 11 nitrogen and oxygen atoms in total. The smallest absolute Gasteiger partial charge is 0.356 e. The number of nitrogens with zero attached hydrogens (tertiary/aromatic N) is 5. The zero-order valence-electron chi connectivity index (χ0n) is 28.7. The summed E-state index contributed by atoms with van der Waals surface area (Å²) < 4.78 is 9.74. The number of aromatic carboxylic acids is 1. The van der Waals surface area contributed by atoms with Gasteiger partial charge < -0.3 is 14.6 Å². The molecule has 0 bridgehead atoms. The maximum absolute atomic E-state index is 11.4. The average molecular weight is 779 g/mol. The Hall–Kier alpha value is -7.28. The standard InChI is InChI=1S/C18H12N2O2.C17H10N2O2.C7H6BrNO2/c1-22-18(21)17-8-4-6-15(20-17)10-9-13-11-14-5-2-3-7-16(14)19-12-13;20-17(21)16-7-3-5-14(19-16)9-8-12-10-13-4-1-2-6-15(13)18-11-12;1-11-7(10)5-3-2-4-6(8)9-5/h2-8,11-12H,1H3;1-7,10-11H,(H,20,21);2-4H,1H3. The molecule has 0 radical (unpaired) electrons. The molecule has 54 heavy (non-hydrogen) atoms. The van der Waals surface area contributed by atoms with Gasteiger partial charge in [0, 0.05) is 34.3 Å². The van der Waals surface area contributed by atoms with E-state index in [-0.39, 0.29) is 11.4 Å². The van der Waals surface area contributed by atoms with Crippen LogP contribution in [-0.4, -0.2) is 62.2 Å². The number of carbonyl (C=O) groups excluding carboxylic acids is 2. The summed E-state index contributed by atoms with van der Waals surface area (Å²) in [6, 6.07) is 34.4. The number of rotatable bonds is 3. The van der Waals surface area contributed by atoms with E-state index in [1.165, 1.54) is 20.3 Å². The first kappa shape index (κ1) is 38.0. The van der Waals surface area contributed by atoms with Crippen LogP contribution in [-0.2, 0) is 9.47 Å². The predicted octanol–water partition coefficient (Wildman–Crippen LogP) is 7.17. The molecular weight excluding hydrogens is 750 g/mol. The summed E-state index contributed by atoms with van der Waals surface area (Å²) in [6.45, 7) is 0. The molecule has 7 rings (SSSR count). The summed E-state index contributed by atoms with van der Waals surface area (Å²) in [5.74, 6) is 9.79. The van der Waals surface area contributed by atoms with Gasteiger partial charge in [-0.2, -0.15) is 0 Å². The molecule has 5 aromatic heterocycles. The summed E-state index contributed by atoms with van der Waals surface area (Å²) in [5.41, 5.74) is 4.86. The second-order valence-electron chi connectivity index (χ2n) is 10.8. The van der Waals surface area contributed by atoms with Crippen molar-refractivity contribution in [2.75, 3.05) is 14.2 Å². The Labute approximate surface area is 318 Å². The largest absolute Gasteiger partial charge is 0.477 e. The van der Waals surface area contributed by atoms with E-state index in [0.717, 1.165) is 32.9 Å². The third-order valence-electron chi connectivity index (χ3n) is 7.07. The number of carbonyl (C=O) groups is 3. The number of methoxy groups -OCH3 is 2. The van der Waals surface area contributed by atoms with Gasteiger partial charge in [-0.05, 0) is 88.4 Å². The summed E-state index contributed by atoms with van der Waals surface area (Å²) in [4.78, 5) is 53.8. The number of benzene rings is 2. The van der Waals surface area contributed by atoms with Gasteiger partial charge in [-0.1, -0.05) is 66.4 Å². The van der Waals surface area contributed by atoms with Crippen LogP contribution in [0, 0.1) is 23.7 Å². The van der Waals surface area contributed by atoms with Crippen LogP contribution in [0.15, 0.2) is 132 Å². The van der Waals surface area contributed by atoms with E-state index in [0.29, 0.717) is 21.7 Å². The summed E-state index contributed by atoms with van der Waals surface area (Å²) in [6.07, 6.45) is 3.41. The van der Waals surface area contributed by atoms with Crippen molar-refractivity contribution in [2.45, 2.75) is 0 Å². The molecule has 0 unspecified atom stereocenters. The topological polar surface area (TPSA) is 154 Å². The van der Waals surface area contributed by atoms with Gasteiger partial charge in [-0.3, -0.25) is 9.97 Å². The number of esters is 2. The number of para-hydroxylation sites is 2. The van der Waals surface area contributed by atoms with Gasteiger partial charge in [0.1, 0.15) is 33.1 Å². The lowest BCUT2D eigenvalue weighted by molar-refractivity contribution is 0.0585. The van der Waals surface area contributed by atoms with E-state index >= 15 is 0 Å². The molecule has 0 fully saturated rings. The second kappa shape index (κ2) is 18.8. The van der Waals surface area contributed by atoms with Gasteiger partial charge in [-0.15, -0.1) is 0 Å². The molecule has 0 spiro atoms. The van der Waals surface area contributed by atoms with Crippen LogP contribution in [0.4, 0.5) is 0 Å². The van der Waals surface area contributed by atoms with E-state index in [9.17, 15) is 14.4 Å². The zero-order chi connectivity index (χ0) is 38.3. The average Bonchev–Trinajstić information content (AvgIpc) is 3.22. The molecule has 0 saturated carbocycles. The van der Waals surface area contributed by atoms with E-state index in [1.54, 1.807) is 60.9 Å². The summed E-state index contributed by atoms with van der Waals surface area (Å²) >= 11 is 3.14. The summed E-state index contributed by atoms with van der Waals surface area (Å²) in [7, 11) is 2.65. The maximum atomic E-state index is 11.4. The lowest BCUT2D eigenvalue weighted by atomic mass is 10.1. The maximum Gasteiger partial charge on any atom is 0.356 e. The van der Waals surface area contributed by atoms with Crippen LogP contribution in [0.2, 0.25) is 0 Å². The fraction of sp³-hybridized carbons (Fsp3) is 0.0476. The minimum absolute atomic E-state index is 0.0153. The van der Waals surface area contributed by atoms with Gasteiger partial charge in [0.25, 0.3) is 0 Å². The number of carboxylic acid groups (broad SMARTS) is 1. The van der Waals surface area contributed by atoms with Crippen LogP contribution in [0.5, 0.6) is 0 Å². The lowest BCUT2D eigenvalue weighted by Crippen LogP contribution is -2.04. The molecule has 264 valence electrons. The van der Waals surface area contributed by atoms with Gasteiger partial charge >= 0.3 is 17.9 Å². The third kappa shape index (κ3) is 10.9. The van der Waals surface area contributed by atoms with Crippen molar-refractivity contribution in [1.29, 1.82) is 0 Å². The molecule has 1 N–H and O–H groups in total. The van der Waals surface area contributed by atoms with Crippen molar-refractivity contribution in [3.63, 3.8) is 0 Å². The number of ether oxygens (including phenoxy) is 2. The van der Waals surface area contributed by atoms with Crippen LogP contribution < -0.4 is 0 Å². The first-order valence-corrected chi connectivity index (χ1v) is 16.7. The molecule has 12 heteroatoms. The third-order valence-corrected chi connectivity index (χ3v) is 7.51. The van der Waals surface area contributed by atoms with Crippen molar-refractivity contribution in [1.82, 2.24) is 24.9 Å². The van der Waals surface area contributed by atoms with Gasteiger partial charge in [0.05, 0.1) is 25.3 Å². The van der Waals surface area contributed by atoms with E-state index < -0.39 is 17.9 Å². The minimum Gasteiger partial charge on any atom is -0.477 e. The van der Waals surface area contributed by atoms with Crippen molar-refractivity contribution in [3.05, 3.63) is 172 Å². The number of aromatic nitrogens is 5. The number of fused-ring (bicyclic) bond motifs is 2. The minimum atomic E-state index is -1.06. The number of hydrogen-bond acceptors (Lipinski definition) is 10. The van der Waals surface area contributed by atoms with Gasteiger partial charge in [-0.25, -0.2) is 29.3 Å². The van der Waals surface area contributed by atoms with E-state index in [2.05, 4.69) is 74.0 Å². The number of carboxylic acids is 1. The normalized spacial score (nSPS) is 9.76. The highest BCUT2D eigenvalue weighted by molar-refractivity contribution is 9.10. The van der Waals surface area contributed by atoms with Crippen molar-refractivity contribution < 1.29 is 29.0 Å². The Balaban J connectivity index is 0.000000165. The molecule has 0 atom stereocenters. The molecule has 0 aliphatic rings. The quantitative estimate of drug-likeness (QED) is 0.110. The SMILES string of the molecule is COC(=O)c1cccc(Br)n1.COC(=O)c1cccc(C#Cc2cnc3ccccc3c2)n1.O=C(O)c1cccc(C#Cc2cnc3ccccc3c2)n1. The number of halogens is 1. The zero-order valence-corrected chi connectivity index (χ0v) is 30.3. The summed E-state index contributed by atoms with van der Waals surface area (Å²) in [5, 5.41) is 10.9. The molecular formula is C42H28BrN5O6. The predicted molar refractivity (Wildman–Crippen MR) is 205 cm³/mol. The lowest BCUT2D eigenvalue weighted by Gasteiger charge is -1.98. The molecule has 0 aliphatic carbocycles. The second-order valence-corrected chi connectivity index (χ2v) is 11.6. The monoisotopic (exact) mass is 777 g/mol. The van der Waals surface area contributed by atoms with Crippen molar-refractivity contribution in [2.24, 2.45) is 0 Å². The Morgan fingerprint density at radius 2 is 1.00 bits per heavy atom. The first-order valence-electron chi connectivity index (χ1n) is 15.9. The Kier molecular flexibility index (Phi) is 13.2. The molecule has 0 amide bonds. The van der Waals surface area contributed by atoms with Crippen LogP contribution in [0.25, 0.3) is 21.8 Å². The fourth-order valence-corrected chi connectivity index (χ4v) is 4.87. The molecule has 0 aliphatic heterocycles. The van der Waals surface area contributed by atoms with Crippen molar-refractivity contribution in [3.8, 4) is 23.7 Å². The molecule has 2 aromatic carbocycles.